The van der Waals surface area contributed by atoms with Gasteiger partial charge in [-0.2, -0.15) is 0 Å². The van der Waals surface area contributed by atoms with Crippen molar-refractivity contribution < 1.29 is 17.2 Å². The van der Waals surface area contributed by atoms with E-state index >= 15 is 0 Å². The molecule has 17 heavy (non-hydrogen) atoms. The van der Waals surface area contributed by atoms with Crippen LogP contribution in [0.4, 0.5) is 8.78 Å². The van der Waals surface area contributed by atoms with Crippen LogP contribution in [-0.4, -0.2) is 15.0 Å². The first kappa shape index (κ1) is 14.1. The van der Waals surface area contributed by atoms with Gasteiger partial charge >= 0.3 is 0 Å². The Labute approximate surface area is 99.9 Å². The van der Waals surface area contributed by atoms with Crippen LogP contribution in [0.25, 0.3) is 0 Å². The summed E-state index contributed by atoms with van der Waals surface area (Å²) in [5.74, 6) is -2.25. The Bertz CT molecular complexity index is 507. The number of hydrogen-bond donors (Lipinski definition) is 1. The molecule has 0 aliphatic rings. The Morgan fingerprint density at radius 1 is 1.18 bits per heavy atom. The summed E-state index contributed by atoms with van der Waals surface area (Å²) in [6.45, 7) is 5.80. The summed E-state index contributed by atoms with van der Waals surface area (Å²) in [6, 6.07) is 2.49. The van der Waals surface area contributed by atoms with Crippen LogP contribution in [0, 0.1) is 17.0 Å². The minimum atomic E-state index is -3.79. The van der Waals surface area contributed by atoms with Crippen LogP contribution < -0.4 is 4.72 Å². The predicted octanol–water partition coefficient (Wildman–Crippen LogP) is 2.29. The number of hydrogen-bond acceptors (Lipinski definition) is 2. The number of benzene rings is 1. The van der Waals surface area contributed by atoms with Crippen molar-refractivity contribution in [3.63, 3.8) is 0 Å². The molecule has 0 amide bonds. The molecule has 1 rings (SSSR count). The van der Waals surface area contributed by atoms with Crippen molar-refractivity contribution in [1.82, 2.24) is 4.72 Å². The topological polar surface area (TPSA) is 46.2 Å². The van der Waals surface area contributed by atoms with Crippen LogP contribution in [-0.2, 0) is 10.0 Å². The molecule has 0 aliphatic heterocycles. The molecule has 0 saturated heterocycles. The molecule has 1 aromatic rings. The predicted molar refractivity (Wildman–Crippen MR) is 61.0 cm³/mol. The first-order valence-corrected chi connectivity index (χ1v) is 6.55. The Balaban J connectivity index is 2.94. The lowest BCUT2D eigenvalue weighted by molar-refractivity contribution is 0.407. The second-order valence-electron chi connectivity index (χ2n) is 4.96. The largest absolute Gasteiger partial charge is 0.240 e. The SMILES string of the molecule is CC(C)(C)CNS(=O)(=O)c1ccc(F)c(F)c1. The van der Waals surface area contributed by atoms with Crippen LogP contribution in [0.5, 0.6) is 0 Å². The molecular formula is C11H15F2NO2S. The summed E-state index contributed by atoms with van der Waals surface area (Å²) in [4.78, 5) is -0.277. The smallest absolute Gasteiger partial charge is 0.211 e. The summed E-state index contributed by atoms with van der Waals surface area (Å²) >= 11 is 0. The normalized spacial score (nSPS) is 12.8. The van der Waals surface area contributed by atoms with E-state index in [0.29, 0.717) is 6.07 Å². The molecule has 96 valence electrons. The van der Waals surface area contributed by atoms with Crippen molar-refractivity contribution in [3.8, 4) is 0 Å². The monoisotopic (exact) mass is 263 g/mol. The van der Waals surface area contributed by atoms with Crippen LogP contribution in [0.2, 0.25) is 0 Å². The average molecular weight is 263 g/mol. The van der Waals surface area contributed by atoms with Gasteiger partial charge in [-0.15, -0.1) is 0 Å². The summed E-state index contributed by atoms with van der Waals surface area (Å²) in [6.07, 6.45) is 0. The molecule has 0 aromatic heterocycles. The minimum Gasteiger partial charge on any atom is -0.211 e. The van der Waals surface area contributed by atoms with Crippen LogP contribution in [0.1, 0.15) is 20.8 Å². The Morgan fingerprint density at radius 2 is 1.76 bits per heavy atom. The first-order chi connectivity index (χ1) is 7.62. The Morgan fingerprint density at radius 3 is 2.24 bits per heavy atom. The molecule has 6 heteroatoms. The molecule has 0 fully saturated rings. The lowest BCUT2D eigenvalue weighted by Crippen LogP contribution is -2.32. The second kappa shape index (κ2) is 4.70. The number of nitrogens with one attached hydrogen (secondary N) is 1. The van der Waals surface area contributed by atoms with E-state index < -0.39 is 21.7 Å². The van der Waals surface area contributed by atoms with Gasteiger partial charge in [0.25, 0.3) is 0 Å². The standard InChI is InChI=1S/C11H15F2NO2S/c1-11(2,3)7-14-17(15,16)8-4-5-9(12)10(13)6-8/h4-6,14H,7H2,1-3H3. The summed E-state index contributed by atoms with van der Waals surface area (Å²) in [5, 5.41) is 0. The van der Waals surface area contributed by atoms with Crippen molar-refractivity contribution in [1.29, 1.82) is 0 Å². The van der Waals surface area contributed by atoms with Gasteiger partial charge in [0, 0.05) is 6.54 Å². The van der Waals surface area contributed by atoms with E-state index in [4.69, 9.17) is 0 Å². The molecule has 0 spiro atoms. The van der Waals surface area contributed by atoms with Gasteiger partial charge < -0.3 is 0 Å². The van der Waals surface area contributed by atoms with Crippen LogP contribution in [0.3, 0.4) is 0 Å². The first-order valence-electron chi connectivity index (χ1n) is 5.06. The molecule has 0 aliphatic carbocycles. The maximum absolute atomic E-state index is 12.9. The van der Waals surface area contributed by atoms with Gasteiger partial charge in [-0.05, 0) is 23.6 Å². The van der Waals surface area contributed by atoms with Gasteiger partial charge in [0.2, 0.25) is 10.0 Å². The third-order valence-corrected chi connectivity index (χ3v) is 3.39. The molecule has 0 unspecified atom stereocenters. The van der Waals surface area contributed by atoms with Crippen LogP contribution in [0.15, 0.2) is 23.1 Å². The lowest BCUT2D eigenvalue weighted by Gasteiger charge is -2.18. The highest BCUT2D eigenvalue weighted by Crippen LogP contribution is 2.16. The lowest BCUT2D eigenvalue weighted by atomic mass is 9.98. The molecule has 1 aromatic carbocycles. The zero-order valence-electron chi connectivity index (χ0n) is 9.92. The Kier molecular flexibility index (Phi) is 3.88. The highest BCUT2D eigenvalue weighted by atomic mass is 32.2. The third-order valence-electron chi connectivity index (χ3n) is 1.99. The number of rotatable bonds is 3. The molecule has 0 bridgehead atoms. The van der Waals surface area contributed by atoms with Gasteiger partial charge in [-0.25, -0.2) is 21.9 Å². The van der Waals surface area contributed by atoms with Crippen molar-refractivity contribution in [3.05, 3.63) is 29.8 Å². The molecule has 0 saturated carbocycles. The summed E-state index contributed by atoms with van der Waals surface area (Å²) < 4.78 is 51.4. The van der Waals surface area contributed by atoms with Crippen molar-refractivity contribution in [2.24, 2.45) is 5.41 Å². The number of sulfonamides is 1. The molecule has 0 heterocycles. The fourth-order valence-corrected chi connectivity index (χ4v) is 2.33. The van der Waals surface area contributed by atoms with E-state index in [-0.39, 0.29) is 16.9 Å². The van der Waals surface area contributed by atoms with E-state index in [2.05, 4.69) is 4.72 Å². The highest BCUT2D eigenvalue weighted by Gasteiger charge is 2.19. The molecule has 0 radical (unpaired) electrons. The minimum absolute atomic E-state index is 0.217. The summed E-state index contributed by atoms with van der Waals surface area (Å²) in [7, 11) is -3.79. The van der Waals surface area contributed by atoms with Gasteiger partial charge in [-0.3, -0.25) is 0 Å². The van der Waals surface area contributed by atoms with Gasteiger partial charge in [-0.1, -0.05) is 20.8 Å². The Hall–Kier alpha value is -1.01. The van der Waals surface area contributed by atoms with E-state index in [1.54, 1.807) is 0 Å². The van der Waals surface area contributed by atoms with Gasteiger partial charge in [0.1, 0.15) is 0 Å². The molecule has 3 nitrogen and oxygen atoms in total. The zero-order chi connectivity index (χ0) is 13.3. The van der Waals surface area contributed by atoms with E-state index in [1.165, 1.54) is 0 Å². The quantitative estimate of drug-likeness (QED) is 0.909. The molecule has 0 atom stereocenters. The maximum atomic E-state index is 12.9. The fourth-order valence-electron chi connectivity index (χ4n) is 1.04. The van der Waals surface area contributed by atoms with Crippen molar-refractivity contribution in [2.75, 3.05) is 6.54 Å². The third kappa shape index (κ3) is 4.05. The van der Waals surface area contributed by atoms with E-state index in [0.717, 1.165) is 12.1 Å². The van der Waals surface area contributed by atoms with Gasteiger partial charge in [0.05, 0.1) is 4.90 Å². The summed E-state index contributed by atoms with van der Waals surface area (Å²) in [5.41, 5.74) is -0.231. The highest BCUT2D eigenvalue weighted by molar-refractivity contribution is 7.89. The maximum Gasteiger partial charge on any atom is 0.240 e. The average Bonchev–Trinajstić information content (AvgIpc) is 2.18. The van der Waals surface area contributed by atoms with E-state index in [1.807, 2.05) is 20.8 Å². The van der Waals surface area contributed by atoms with Crippen molar-refractivity contribution in [2.45, 2.75) is 25.7 Å². The zero-order valence-corrected chi connectivity index (χ0v) is 10.7. The fraction of sp³-hybridized carbons (Fsp3) is 0.455. The molecular weight excluding hydrogens is 248 g/mol. The van der Waals surface area contributed by atoms with Crippen LogP contribution >= 0.6 is 0 Å². The molecule has 1 N–H and O–H groups in total. The second-order valence-corrected chi connectivity index (χ2v) is 6.73. The number of halogens is 2. The van der Waals surface area contributed by atoms with Gasteiger partial charge in [0.15, 0.2) is 11.6 Å². The van der Waals surface area contributed by atoms with Crippen molar-refractivity contribution >= 4 is 10.0 Å². The van der Waals surface area contributed by atoms with E-state index in [9.17, 15) is 17.2 Å².